The van der Waals surface area contributed by atoms with Crippen LogP contribution in [-0.4, -0.2) is 25.7 Å². The van der Waals surface area contributed by atoms with Crippen LogP contribution in [0.4, 0.5) is 5.69 Å². The van der Waals surface area contributed by atoms with E-state index in [2.05, 4.69) is 22.8 Å². The monoisotopic (exact) mass is 221 g/mol. The lowest BCUT2D eigenvalue weighted by molar-refractivity contribution is -0.666. The van der Waals surface area contributed by atoms with Gasteiger partial charge < -0.3 is 15.4 Å². The molecule has 3 heteroatoms. The summed E-state index contributed by atoms with van der Waals surface area (Å²) < 4.78 is 5.40. The summed E-state index contributed by atoms with van der Waals surface area (Å²) in [6.07, 6.45) is 2.69. The average Bonchev–Trinajstić information content (AvgIpc) is 2.82. The van der Waals surface area contributed by atoms with Gasteiger partial charge in [-0.1, -0.05) is 0 Å². The van der Waals surface area contributed by atoms with Gasteiger partial charge in [-0.05, 0) is 31.2 Å². The molecule has 88 valence electrons. The molecule has 0 aromatic heterocycles. The molecule has 0 unspecified atom stereocenters. The highest BCUT2D eigenvalue weighted by molar-refractivity contribution is 5.46. The third-order valence-corrected chi connectivity index (χ3v) is 3.01. The maximum absolute atomic E-state index is 5.40. The summed E-state index contributed by atoms with van der Waals surface area (Å²) in [5.74, 6) is 0.945. The van der Waals surface area contributed by atoms with Crippen molar-refractivity contribution < 1.29 is 10.1 Å². The minimum absolute atomic E-state index is 0.726. The number of quaternary nitrogens is 1. The van der Waals surface area contributed by atoms with E-state index in [9.17, 15) is 0 Å². The zero-order chi connectivity index (χ0) is 11.2. The first-order valence-corrected chi connectivity index (χ1v) is 6.18. The Balaban J connectivity index is 1.80. The minimum Gasteiger partial charge on any atom is -0.494 e. The number of hydrogen-bond donors (Lipinski definition) is 2. The van der Waals surface area contributed by atoms with Crippen LogP contribution in [0.2, 0.25) is 0 Å². The van der Waals surface area contributed by atoms with Crippen molar-refractivity contribution in [3.05, 3.63) is 24.3 Å². The largest absolute Gasteiger partial charge is 0.494 e. The van der Waals surface area contributed by atoms with Crippen molar-refractivity contribution in [2.24, 2.45) is 0 Å². The van der Waals surface area contributed by atoms with Crippen molar-refractivity contribution in [3.63, 3.8) is 0 Å². The van der Waals surface area contributed by atoms with E-state index in [1.165, 1.54) is 25.1 Å². The predicted octanol–water partition coefficient (Wildman–Crippen LogP) is 1.22. The van der Waals surface area contributed by atoms with Crippen LogP contribution < -0.4 is 15.4 Å². The van der Waals surface area contributed by atoms with Crippen molar-refractivity contribution in [3.8, 4) is 5.75 Å². The third kappa shape index (κ3) is 3.14. The molecular weight excluding hydrogens is 200 g/mol. The van der Waals surface area contributed by atoms with Crippen molar-refractivity contribution in [1.82, 2.24) is 0 Å². The van der Waals surface area contributed by atoms with Gasteiger partial charge in [0.15, 0.2) is 0 Å². The van der Waals surface area contributed by atoms with E-state index >= 15 is 0 Å². The molecule has 0 bridgehead atoms. The van der Waals surface area contributed by atoms with E-state index < -0.39 is 0 Å². The van der Waals surface area contributed by atoms with E-state index in [0.29, 0.717) is 0 Å². The van der Waals surface area contributed by atoms with Gasteiger partial charge in [-0.25, -0.2) is 0 Å². The van der Waals surface area contributed by atoms with Crippen LogP contribution in [0.3, 0.4) is 0 Å². The summed E-state index contributed by atoms with van der Waals surface area (Å²) in [4.78, 5) is 0. The molecule has 0 amide bonds. The zero-order valence-corrected chi connectivity index (χ0v) is 9.91. The number of nitrogens with two attached hydrogens (primary N) is 1. The summed E-state index contributed by atoms with van der Waals surface area (Å²) in [6.45, 7) is 5.08. The van der Waals surface area contributed by atoms with E-state index in [0.717, 1.165) is 24.9 Å². The van der Waals surface area contributed by atoms with E-state index in [1.807, 2.05) is 19.1 Å². The normalized spacial score (nSPS) is 19.7. The van der Waals surface area contributed by atoms with Gasteiger partial charge in [0, 0.05) is 18.5 Å². The minimum atomic E-state index is 0.726. The number of anilines is 1. The lowest BCUT2D eigenvalue weighted by atomic mass is 10.2. The van der Waals surface area contributed by atoms with Gasteiger partial charge in [0.05, 0.1) is 19.7 Å². The van der Waals surface area contributed by atoms with Gasteiger partial charge in [0.25, 0.3) is 0 Å². The Morgan fingerprint density at radius 3 is 2.81 bits per heavy atom. The first-order chi connectivity index (χ1) is 7.88. The molecule has 3 N–H and O–H groups in total. The van der Waals surface area contributed by atoms with Crippen molar-refractivity contribution in [1.29, 1.82) is 0 Å². The number of hydrogen-bond acceptors (Lipinski definition) is 2. The van der Waals surface area contributed by atoms with Crippen LogP contribution in [0.1, 0.15) is 19.8 Å². The van der Waals surface area contributed by atoms with Crippen molar-refractivity contribution in [2.75, 3.05) is 25.0 Å². The molecule has 0 radical (unpaired) electrons. The molecule has 1 fully saturated rings. The number of benzene rings is 1. The second-order valence-corrected chi connectivity index (χ2v) is 4.26. The summed E-state index contributed by atoms with van der Waals surface area (Å²) in [5.41, 5.74) is 1.18. The maximum Gasteiger partial charge on any atom is 0.119 e. The Morgan fingerprint density at radius 2 is 2.19 bits per heavy atom. The summed E-state index contributed by atoms with van der Waals surface area (Å²) in [7, 11) is 0. The number of nitrogens with one attached hydrogen (secondary N) is 1. The first kappa shape index (κ1) is 11.3. The average molecular weight is 221 g/mol. The molecule has 1 aromatic carbocycles. The molecule has 0 spiro atoms. The van der Waals surface area contributed by atoms with Gasteiger partial charge in [-0.15, -0.1) is 0 Å². The highest BCUT2D eigenvalue weighted by Crippen LogP contribution is 2.15. The Labute approximate surface area is 97.2 Å². The first-order valence-electron chi connectivity index (χ1n) is 6.18. The molecule has 0 aliphatic carbocycles. The van der Waals surface area contributed by atoms with Gasteiger partial charge in [-0.3, -0.25) is 0 Å². The second-order valence-electron chi connectivity index (χ2n) is 4.26. The zero-order valence-electron chi connectivity index (χ0n) is 9.91. The molecule has 1 heterocycles. The summed E-state index contributed by atoms with van der Waals surface area (Å²) in [6, 6.07) is 8.96. The molecule has 3 nitrogen and oxygen atoms in total. The Morgan fingerprint density at radius 1 is 1.38 bits per heavy atom. The number of rotatable bonds is 5. The number of ether oxygens (including phenoxy) is 1. The SMILES string of the molecule is CCOc1ccc(NC[C@@H]2CCC[NH2+]2)cc1. The van der Waals surface area contributed by atoms with Crippen LogP contribution in [0, 0.1) is 0 Å². The smallest absolute Gasteiger partial charge is 0.119 e. The molecule has 0 saturated carbocycles. The van der Waals surface area contributed by atoms with E-state index in [-0.39, 0.29) is 0 Å². The molecule has 1 aliphatic rings. The molecule has 1 aliphatic heterocycles. The molecule has 16 heavy (non-hydrogen) atoms. The van der Waals surface area contributed by atoms with E-state index in [4.69, 9.17) is 4.74 Å². The molecule has 1 aromatic rings. The molecular formula is C13H21N2O+. The van der Waals surface area contributed by atoms with Crippen LogP contribution in [0.25, 0.3) is 0 Å². The highest BCUT2D eigenvalue weighted by atomic mass is 16.5. The third-order valence-electron chi connectivity index (χ3n) is 3.01. The van der Waals surface area contributed by atoms with Gasteiger partial charge >= 0.3 is 0 Å². The second kappa shape index (κ2) is 5.75. The fourth-order valence-corrected chi connectivity index (χ4v) is 2.12. The summed E-state index contributed by atoms with van der Waals surface area (Å²) >= 11 is 0. The van der Waals surface area contributed by atoms with Gasteiger partial charge in [-0.2, -0.15) is 0 Å². The standard InChI is InChI=1S/C13H20N2O/c1-2-16-13-7-5-11(6-8-13)15-10-12-4-3-9-14-12/h5-8,12,14-15H,2-4,9-10H2,1H3/p+1/t12-/m0/s1. The van der Waals surface area contributed by atoms with Crippen LogP contribution in [0.5, 0.6) is 5.75 Å². The lowest BCUT2D eigenvalue weighted by Crippen LogP contribution is -2.87. The molecule has 1 saturated heterocycles. The maximum atomic E-state index is 5.40. The van der Waals surface area contributed by atoms with Crippen molar-refractivity contribution in [2.45, 2.75) is 25.8 Å². The Hall–Kier alpha value is -1.22. The lowest BCUT2D eigenvalue weighted by Gasteiger charge is -2.10. The fourth-order valence-electron chi connectivity index (χ4n) is 2.12. The fraction of sp³-hybridized carbons (Fsp3) is 0.538. The van der Waals surface area contributed by atoms with Gasteiger partial charge in [0.2, 0.25) is 0 Å². The van der Waals surface area contributed by atoms with Crippen LogP contribution in [0.15, 0.2) is 24.3 Å². The van der Waals surface area contributed by atoms with Crippen LogP contribution >= 0.6 is 0 Å². The van der Waals surface area contributed by atoms with Crippen LogP contribution in [-0.2, 0) is 0 Å². The molecule has 2 rings (SSSR count). The Kier molecular flexibility index (Phi) is 4.05. The van der Waals surface area contributed by atoms with Gasteiger partial charge in [0.1, 0.15) is 11.8 Å². The quantitative estimate of drug-likeness (QED) is 0.784. The van der Waals surface area contributed by atoms with Crippen molar-refractivity contribution >= 4 is 5.69 Å². The predicted molar refractivity (Wildman–Crippen MR) is 65.9 cm³/mol. The Bertz CT molecular complexity index is 304. The molecule has 1 atom stereocenters. The highest BCUT2D eigenvalue weighted by Gasteiger charge is 2.17. The van der Waals surface area contributed by atoms with E-state index in [1.54, 1.807) is 0 Å². The topological polar surface area (TPSA) is 37.9 Å². The summed E-state index contributed by atoms with van der Waals surface area (Å²) in [5, 5.41) is 5.90.